The van der Waals surface area contributed by atoms with Crippen LogP contribution in [0.2, 0.25) is 0 Å². The molecule has 1 saturated heterocycles. The van der Waals surface area contributed by atoms with Crippen LogP contribution in [0.5, 0.6) is 0 Å². The third kappa shape index (κ3) is 3.50. The van der Waals surface area contributed by atoms with E-state index < -0.39 is 0 Å². The van der Waals surface area contributed by atoms with Gasteiger partial charge in [0, 0.05) is 13.0 Å². The quantitative estimate of drug-likeness (QED) is 0.854. The highest BCUT2D eigenvalue weighted by Crippen LogP contribution is 2.17. The number of piperidine rings is 1. The van der Waals surface area contributed by atoms with Gasteiger partial charge in [0.15, 0.2) is 0 Å². The Hall–Kier alpha value is -1.68. The summed E-state index contributed by atoms with van der Waals surface area (Å²) in [5.41, 5.74) is 2.15. The van der Waals surface area contributed by atoms with Gasteiger partial charge in [-0.3, -0.25) is 9.69 Å². The summed E-state index contributed by atoms with van der Waals surface area (Å²) in [7, 11) is 0. The number of nitrogens with zero attached hydrogens (tertiary/aromatic N) is 3. The summed E-state index contributed by atoms with van der Waals surface area (Å²) < 4.78 is 0. The molecule has 0 aliphatic carbocycles. The molecule has 1 aromatic rings. The van der Waals surface area contributed by atoms with Gasteiger partial charge in [0.25, 0.3) is 5.91 Å². The number of amides is 1. The van der Waals surface area contributed by atoms with E-state index in [0.717, 1.165) is 30.8 Å². The molecular weight excluding hydrogens is 262 g/mol. The summed E-state index contributed by atoms with van der Waals surface area (Å²) in [5, 5.41) is 6.17. The lowest BCUT2D eigenvalue weighted by atomic mass is 10.0. The zero-order valence-electron chi connectivity index (χ0n) is 12.7. The van der Waals surface area contributed by atoms with E-state index >= 15 is 0 Å². The third-order valence-electron chi connectivity index (χ3n) is 4.30. The number of hydrazone groups is 1. The van der Waals surface area contributed by atoms with Crippen molar-refractivity contribution in [3.8, 4) is 0 Å². The second kappa shape index (κ2) is 6.39. The lowest BCUT2D eigenvalue weighted by molar-refractivity contribution is -0.132. The topological polar surface area (TPSA) is 35.9 Å². The molecule has 2 heterocycles. The number of benzene rings is 1. The molecule has 0 aromatic heterocycles. The van der Waals surface area contributed by atoms with Crippen LogP contribution in [0.15, 0.2) is 35.4 Å². The van der Waals surface area contributed by atoms with Crippen LogP contribution in [0.3, 0.4) is 0 Å². The molecular formula is C17H23N3O. The Morgan fingerprint density at radius 2 is 2.10 bits per heavy atom. The first-order valence-electron chi connectivity index (χ1n) is 7.88. The molecule has 0 spiro atoms. The highest BCUT2D eigenvalue weighted by molar-refractivity contribution is 6.02. The fourth-order valence-electron chi connectivity index (χ4n) is 3.17. The van der Waals surface area contributed by atoms with Gasteiger partial charge in [0.05, 0.1) is 18.8 Å². The maximum absolute atomic E-state index is 12.4. The fourth-order valence-corrected chi connectivity index (χ4v) is 3.17. The van der Waals surface area contributed by atoms with Crippen molar-refractivity contribution >= 4 is 11.6 Å². The lowest BCUT2D eigenvalue weighted by Gasteiger charge is -2.30. The molecule has 4 nitrogen and oxygen atoms in total. The summed E-state index contributed by atoms with van der Waals surface area (Å²) in [5.74, 6) is 0.837. The maximum Gasteiger partial charge on any atom is 0.256 e. The maximum atomic E-state index is 12.4. The number of carbonyl (C=O) groups is 1. The van der Waals surface area contributed by atoms with E-state index in [1.54, 1.807) is 5.01 Å². The summed E-state index contributed by atoms with van der Waals surface area (Å²) >= 11 is 0. The Bertz CT molecular complexity index is 526. The Kier molecular flexibility index (Phi) is 4.34. The van der Waals surface area contributed by atoms with Crippen molar-refractivity contribution in [2.75, 3.05) is 26.2 Å². The monoisotopic (exact) mass is 285 g/mol. The first-order valence-corrected chi connectivity index (χ1v) is 7.88. The van der Waals surface area contributed by atoms with Crippen LogP contribution in [0.1, 0.15) is 31.7 Å². The van der Waals surface area contributed by atoms with E-state index in [-0.39, 0.29) is 5.91 Å². The second-order valence-corrected chi connectivity index (χ2v) is 6.16. The van der Waals surface area contributed by atoms with Crippen molar-refractivity contribution in [1.82, 2.24) is 9.91 Å². The molecule has 2 aliphatic heterocycles. The molecule has 21 heavy (non-hydrogen) atoms. The van der Waals surface area contributed by atoms with Gasteiger partial charge >= 0.3 is 0 Å². The molecule has 0 bridgehead atoms. The van der Waals surface area contributed by atoms with Crippen molar-refractivity contribution in [1.29, 1.82) is 0 Å². The molecule has 112 valence electrons. The van der Waals surface area contributed by atoms with Gasteiger partial charge in [-0.25, -0.2) is 5.01 Å². The lowest BCUT2D eigenvalue weighted by Crippen LogP contribution is -2.41. The molecule has 1 aromatic carbocycles. The number of hydrogen-bond donors (Lipinski definition) is 0. The predicted octanol–water partition coefficient (Wildman–Crippen LogP) is 2.35. The molecule has 0 radical (unpaired) electrons. The Morgan fingerprint density at radius 1 is 1.29 bits per heavy atom. The molecule has 1 amide bonds. The predicted molar refractivity (Wildman–Crippen MR) is 84.1 cm³/mol. The second-order valence-electron chi connectivity index (χ2n) is 6.16. The zero-order valence-corrected chi connectivity index (χ0v) is 12.7. The molecule has 1 unspecified atom stereocenters. The largest absolute Gasteiger partial charge is 0.294 e. The highest BCUT2D eigenvalue weighted by Gasteiger charge is 2.25. The summed E-state index contributed by atoms with van der Waals surface area (Å²) in [4.78, 5) is 14.6. The number of likely N-dealkylation sites (tertiary alicyclic amines) is 1. The standard InChI is InChI=1S/C17H23N3O/c1-14-6-5-10-19(12-14)13-17(21)20-11-9-16(18-20)15-7-3-2-4-8-15/h2-4,7-8,14H,5-6,9-13H2,1H3. The molecule has 2 aliphatic rings. The third-order valence-corrected chi connectivity index (χ3v) is 4.30. The van der Waals surface area contributed by atoms with Gasteiger partial charge in [-0.1, -0.05) is 37.3 Å². The average molecular weight is 285 g/mol. The van der Waals surface area contributed by atoms with Crippen LogP contribution >= 0.6 is 0 Å². The fraction of sp³-hybridized carbons (Fsp3) is 0.529. The van der Waals surface area contributed by atoms with E-state index in [1.165, 1.54) is 12.8 Å². The van der Waals surface area contributed by atoms with E-state index in [1.807, 2.05) is 18.2 Å². The van der Waals surface area contributed by atoms with E-state index in [2.05, 4.69) is 29.1 Å². The van der Waals surface area contributed by atoms with Gasteiger partial charge in [-0.2, -0.15) is 5.10 Å². The highest BCUT2D eigenvalue weighted by atomic mass is 16.2. The normalized spacial score (nSPS) is 23.2. The van der Waals surface area contributed by atoms with Crippen LogP contribution in [0, 0.1) is 5.92 Å². The van der Waals surface area contributed by atoms with Crippen LogP contribution in [-0.4, -0.2) is 47.7 Å². The minimum absolute atomic E-state index is 0.134. The SMILES string of the molecule is CC1CCCN(CC(=O)N2CCC(c3ccccc3)=N2)C1. The van der Waals surface area contributed by atoms with Crippen molar-refractivity contribution in [3.63, 3.8) is 0 Å². The summed E-state index contributed by atoms with van der Waals surface area (Å²) in [6.07, 6.45) is 3.34. The van der Waals surface area contributed by atoms with Crippen molar-refractivity contribution < 1.29 is 4.79 Å². The Morgan fingerprint density at radius 3 is 2.86 bits per heavy atom. The van der Waals surface area contributed by atoms with Gasteiger partial charge in [0.1, 0.15) is 0 Å². The molecule has 0 saturated carbocycles. The van der Waals surface area contributed by atoms with Crippen molar-refractivity contribution in [2.45, 2.75) is 26.2 Å². The molecule has 4 heteroatoms. The Labute approximate surface area is 126 Å². The number of rotatable bonds is 3. The van der Waals surface area contributed by atoms with Crippen molar-refractivity contribution in [2.24, 2.45) is 11.0 Å². The molecule has 0 N–H and O–H groups in total. The minimum atomic E-state index is 0.134. The molecule has 3 rings (SSSR count). The minimum Gasteiger partial charge on any atom is -0.294 e. The van der Waals surface area contributed by atoms with Gasteiger partial charge in [-0.15, -0.1) is 0 Å². The Balaban J connectivity index is 1.60. The van der Waals surface area contributed by atoms with E-state index in [4.69, 9.17) is 0 Å². The first-order chi connectivity index (χ1) is 10.2. The van der Waals surface area contributed by atoms with Crippen LogP contribution in [0.25, 0.3) is 0 Å². The number of hydrogen-bond acceptors (Lipinski definition) is 3. The van der Waals surface area contributed by atoms with Crippen LogP contribution in [0.4, 0.5) is 0 Å². The van der Waals surface area contributed by atoms with Crippen molar-refractivity contribution in [3.05, 3.63) is 35.9 Å². The van der Waals surface area contributed by atoms with Gasteiger partial charge < -0.3 is 0 Å². The first kappa shape index (κ1) is 14.3. The summed E-state index contributed by atoms with van der Waals surface area (Å²) in [6, 6.07) is 10.1. The zero-order chi connectivity index (χ0) is 14.7. The van der Waals surface area contributed by atoms with Gasteiger partial charge in [-0.05, 0) is 30.9 Å². The van der Waals surface area contributed by atoms with Crippen LogP contribution in [-0.2, 0) is 4.79 Å². The smallest absolute Gasteiger partial charge is 0.256 e. The summed E-state index contributed by atoms with van der Waals surface area (Å²) in [6.45, 7) is 5.56. The number of carbonyl (C=O) groups excluding carboxylic acids is 1. The van der Waals surface area contributed by atoms with Crippen LogP contribution < -0.4 is 0 Å². The molecule has 1 atom stereocenters. The van der Waals surface area contributed by atoms with Gasteiger partial charge in [0.2, 0.25) is 0 Å². The van der Waals surface area contributed by atoms with E-state index in [0.29, 0.717) is 19.0 Å². The average Bonchev–Trinajstić information content (AvgIpc) is 2.98. The molecule has 1 fully saturated rings. The van der Waals surface area contributed by atoms with E-state index in [9.17, 15) is 4.79 Å².